The molecular formula is C19H25N3O3. The lowest BCUT2D eigenvalue weighted by atomic mass is 10.1. The minimum atomic E-state index is -0.982. The van der Waals surface area contributed by atoms with Gasteiger partial charge in [-0.2, -0.15) is 0 Å². The second-order valence-corrected chi connectivity index (χ2v) is 6.81. The molecule has 1 fully saturated rings. The number of aromatic nitrogens is 2. The number of ether oxygens (including phenoxy) is 1. The number of hydrogen-bond acceptors (Lipinski definition) is 4. The molecule has 2 heterocycles. The molecule has 1 atom stereocenters. The molecule has 0 unspecified atom stereocenters. The fourth-order valence-corrected chi connectivity index (χ4v) is 3.12. The number of nitrogens with zero attached hydrogens (tertiary/aromatic N) is 3. The third-order valence-electron chi connectivity index (χ3n) is 4.67. The molecule has 1 saturated heterocycles. The van der Waals surface area contributed by atoms with E-state index in [1.54, 1.807) is 11.1 Å². The summed E-state index contributed by atoms with van der Waals surface area (Å²) in [7, 11) is 0. The van der Waals surface area contributed by atoms with E-state index in [-0.39, 0.29) is 12.5 Å². The van der Waals surface area contributed by atoms with E-state index < -0.39 is 5.60 Å². The molecule has 2 aromatic rings. The van der Waals surface area contributed by atoms with Gasteiger partial charge in [0.25, 0.3) is 0 Å². The van der Waals surface area contributed by atoms with E-state index in [1.807, 2.05) is 48.9 Å². The molecule has 1 aliphatic heterocycles. The van der Waals surface area contributed by atoms with E-state index in [2.05, 4.69) is 4.98 Å². The van der Waals surface area contributed by atoms with Gasteiger partial charge in [-0.15, -0.1) is 0 Å². The number of imidazole rings is 1. The lowest BCUT2D eigenvalue weighted by Crippen LogP contribution is -2.40. The molecule has 1 aromatic carbocycles. The predicted molar refractivity (Wildman–Crippen MR) is 94.4 cm³/mol. The molecule has 0 radical (unpaired) electrons. The zero-order valence-electron chi connectivity index (χ0n) is 14.8. The Kier molecular flexibility index (Phi) is 5.08. The number of carbonyl (C=O) groups is 1. The van der Waals surface area contributed by atoms with E-state index in [4.69, 9.17) is 4.74 Å². The number of hydrogen-bond donors (Lipinski definition) is 1. The van der Waals surface area contributed by atoms with Crippen molar-refractivity contribution in [1.82, 2.24) is 14.5 Å². The number of benzene rings is 1. The molecule has 134 valence electrons. The Morgan fingerprint density at radius 2 is 2.24 bits per heavy atom. The lowest BCUT2D eigenvalue weighted by Gasteiger charge is -2.24. The Morgan fingerprint density at radius 3 is 2.96 bits per heavy atom. The minimum Gasteiger partial charge on any atom is -0.491 e. The maximum atomic E-state index is 12.4. The summed E-state index contributed by atoms with van der Waals surface area (Å²) in [6.07, 6.45) is 4.55. The summed E-state index contributed by atoms with van der Waals surface area (Å²) < 4.78 is 7.70. The van der Waals surface area contributed by atoms with Crippen LogP contribution in [0.15, 0.2) is 36.7 Å². The summed E-state index contributed by atoms with van der Waals surface area (Å²) in [5.41, 5.74) is 0.132. The van der Waals surface area contributed by atoms with Crippen LogP contribution in [0.25, 0.3) is 0 Å². The molecule has 1 N–H and O–H groups in total. The summed E-state index contributed by atoms with van der Waals surface area (Å²) in [6.45, 7) is 5.61. The van der Waals surface area contributed by atoms with Crippen molar-refractivity contribution in [1.29, 1.82) is 0 Å². The van der Waals surface area contributed by atoms with Crippen LogP contribution < -0.4 is 4.74 Å². The minimum absolute atomic E-state index is 0.0552. The number of aryl methyl sites for hydroxylation is 3. The van der Waals surface area contributed by atoms with Crippen molar-refractivity contribution < 1.29 is 14.6 Å². The lowest BCUT2D eigenvalue weighted by molar-refractivity contribution is -0.131. The van der Waals surface area contributed by atoms with Crippen molar-refractivity contribution >= 4 is 5.91 Å². The van der Waals surface area contributed by atoms with Gasteiger partial charge in [0.05, 0.1) is 6.54 Å². The number of aliphatic hydroxyl groups is 1. The van der Waals surface area contributed by atoms with Gasteiger partial charge < -0.3 is 19.3 Å². The Labute approximate surface area is 148 Å². The summed E-state index contributed by atoms with van der Waals surface area (Å²) in [4.78, 5) is 18.3. The zero-order chi connectivity index (χ0) is 17.9. The van der Waals surface area contributed by atoms with Gasteiger partial charge in [-0.3, -0.25) is 4.79 Å². The van der Waals surface area contributed by atoms with Crippen LogP contribution in [0.2, 0.25) is 0 Å². The van der Waals surface area contributed by atoms with Crippen LogP contribution in [0.3, 0.4) is 0 Å². The number of amides is 1. The van der Waals surface area contributed by atoms with E-state index in [0.29, 0.717) is 32.5 Å². The Morgan fingerprint density at radius 1 is 1.40 bits per heavy atom. The molecule has 1 amide bonds. The van der Waals surface area contributed by atoms with Crippen molar-refractivity contribution in [2.45, 2.75) is 38.8 Å². The van der Waals surface area contributed by atoms with Gasteiger partial charge in [-0.1, -0.05) is 12.1 Å². The first kappa shape index (κ1) is 17.5. The smallest absolute Gasteiger partial charge is 0.224 e. The highest BCUT2D eigenvalue weighted by molar-refractivity contribution is 5.76. The van der Waals surface area contributed by atoms with Gasteiger partial charge in [-0.05, 0) is 38.0 Å². The number of likely N-dealkylation sites (tertiary alicyclic amines) is 1. The fraction of sp³-hybridized carbons (Fsp3) is 0.474. The standard InChI is InChI=1S/C19H25N3O3/c1-15-4-3-5-17(12-15)25-14-19(24)7-10-22(13-19)18(23)6-9-21-11-8-20-16(21)2/h3-5,8,11-12,24H,6-7,9-10,13-14H2,1-2H3/t19-/m0/s1. The van der Waals surface area contributed by atoms with Gasteiger partial charge in [0, 0.05) is 31.9 Å². The molecule has 0 saturated carbocycles. The quantitative estimate of drug-likeness (QED) is 0.870. The van der Waals surface area contributed by atoms with Crippen molar-refractivity contribution in [2.24, 2.45) is 0 Å². The van der Waals surface area contributed by atoms with Crippen molar-refractivity contribution in [3.05, 3.63) is 48.0 Å². The van der Waals surface area contributed by atoms with Crippen molar-refractivity contribution in [3.63, 3.8) is 0 Å². The van der Waals surface area contributed by atoms with E-state index >= 15 is 0 Å². The second kappa shape index (κ2) is 7.27. The zero-order valence-corrected chi connectivity index (χ0v) is 14.8. The van der Waals surface area contributed by atoms with Gasteiger partial charge in [0.2, 0.25) is 5.91 Å². The monoisotopic (exact) mass is 343 g/mol. The maximum Gasteiger partial charge on any atom is 0.224 e. The molecule has 0 aliphatic carbocycles. The van der Waals surface area contributed by atoms with Gasteiger partial charge in [0.1, 0.15) is 23.8 Å². The summed E-state index contributed by atoms with van der Waals surface area (Å²) in [6, 6.07) is 7.74. The van der Waals surface area contributed by atoms with Crippen LogP contribution in [0.1, 0.15) is 24.2 Å². The predicted octanol–water partition coefficient (Wildman–Crippen LogP) is 1.93. The Balaban J connectivity index is 1.49. The summed E-state index contributed by atoms with van der Waals surface area (Å²) in [5, 5.41) is 10.7. The van der Waals surface area contributed by atoms with Crippen molar-refractivity contribution in [3.8, 4) is 5.75 Å². The molecule has 6 nitrogen and oxygen atoms in total. The highest BCUT2D eigenvalue weighted by Gasteiger charge is 2.38. The van der Waals surface area contributed by atoms with E-state index in [0.717, 1.165) is 17.1 Å². The molecule has 6 heteroatoms. The van der Waals surface area contributed by atoms with Crippen LogP contribution >= 0.6 is 0 Å². The average Bonchev–Trinajstić information content (AvgIpc) is 3.17. The molecule has 1 aliphatic rings. The number of carbonyl (C=O) groups excluding carboxylic acids is 1. The van der Waals surface area contributed by atoms with Crippen LogP contribution in [-0.4, -0.2) is 50.8 Å². The number of rotatable bonds is 6. The highest BCUT2D eigenvalue weighted by Crippen LogP contribution is 2.24. The molecular weight excluding hydrogens is 318 g/mol. The summed E-state index contributed by atoms with van der Waals surface area (Å²) in [5.74, 6) is 1.70. The third kappa shape index (κ3) is 4.39. The fourth-order valence-electron chi connectivity index (χ4n) is 3.12. The highest BCUT2D eigenvalue weighted by atomic mass is 16.5. The van der Waals surface area contributed by atoms with Gasteiger partial charge in [-0.25, -0.2) is 4.98 Å². The largest absolute Gasteiger partial charge is 0.491 e. The van der Waals surface area contributed by atoms with Crippen LogP contribution in [-0.2, 0) is 11.3 Å². The second-order valence-electron chi connectivity index (χ2n) is 6.81. The first-order valence-corrected chi connectivity index (χ1v) is 8.63. The normalized spacial score (nSPS) is 20.0. The first-order valence-electron chi connectivity index (χ1n) is 8.63. The molecule has 0 spiro atoms. The third-order valence-corrected chi connectivity index (χ3v) is 4.67. The van der Waals surface area contributed by atoms with Gasteiger partial charge in [0.15, 0.2) is 0 Å². The molecule has 3 rings (SSSR count). The SMILES string of the molecule is Cc1cccc(OC[C@]2(O)CCN(C(=O)CCn3ccnc3C)C2)c1. The molecule has 25 heavy (non-hydrogen) atoms. The van der Waals surface area contributed by atoms with Crippen LogP contribution in [0.4, 0.5) is 0 Å². The van der Waals surface area contributed by atoms with Crippen molar-refractivity contribution in [2.75, 3.05) is 19.7 Å². The maximum absolute atomic E-state index is 12.4. The summed E-state index contributed by atoms with van der Waals surface area (Å²) >= 11 is 0. The number of β-amino-alcohol motifs (C(OH)–C–C–N with tert-alkyl or cyclic N) is 1. The van der Waals surface area contributed by atoms with E-state index in [1.165, 1.54) is 0 Å². The topological polar surface area (TPSA) is 67.6 Å². The Hall–Kier alpha value is -2.34. The molecule has 0 bridgehead atoms. The molecule has 1 aromatic heterocycles. The van der Waals surface area contributed by atoms with E-state index in [9.17, 15) is 9.90 Å². The average molecular weight is 343 g/mol. The van der Waals surface area contributed by atoms with Crippen LogP contribution in [0, 0.1) is 13.8 Å². The van der Waals surface area contributed by atoms with Crippen LogP contribution in [0.5, 0.6) is 5.75 Å². The Bertz CT molecular complexity index is 743. The van der Waals surface area contributed by atoms with Gasteiger partial charge >= 0.3 is 0 Å². The first-order chi connectivity index (χ1) is 12.0.